The molecule has 2 aromatic rings. The molecular formula is C18H24N4O3. The van der Waals surface area contributed by atoms with Gasteiger partial charge < -0.3 is 14.5 Å². The van der Waals surface area contributed by atoms with Gasteiger partial charge in [0, 0.05) is 43.2 Å². The Labute approximate surface area is 147 Å². The van der Waals surface area contributed by atoms with Crippen LogP contribution in [0.5, 0.6) is 11.8 Å². The summed E-state index contributed by atoms with van der Waals surface area (Å²) in [6, 6.07) is 3.80. The lowest BCUT2D eigenvalue weighted by atomic mass is 10.1. The van der Waals surface area contributed by atoms with Crippen LogP contribution in [-0.4, -0.2) is 40.6 Å². The molecule has 0 bridgehead atoms. The van der Waals surface area contributed by atoms with E-state index >= 15 is 0 Å². The molecule has 0 saturated carbocycles. The molecule has 0 aromatic carbocycles. The number of rotatable bonds is 6. The van der Waals surface area contributed by atoms with Crippen LogP contribution in [0.25, 0.3) is 0 Å². The zero-order valence-corrected chi connectivity index (χ0v) is 15.0. The number of nitrogens with zero attached hydrogens (tertiary/aromatic N) is 3. The van der Waals surface area contributed by atoms with E-state index in [1.807, 2.05) is 12.1 Å². The topological polar surface area (TPSA) is 80.3 Å². The number of ether oxygens (including phenoxy) is 2. The number of hydrogen-bond donors (Lipinski definition) is 1. The van der Waals surface area contributed by atoms with Crippen molar-refractivity contribution in [2.45, 2.75) is 39.3 Å². The number of hydrogen-bond acceptors (Lipinski definition) is 6. The van der Waals surface area contributed by atoms with E-state index in [1.165, 1.54) is 0 Å². The van der Waals surface area contributed by atoms with Gasteiger partial charge in [-0.15, -0.1) is 0 Å². The van der Waals surface area contributed by atoms with Gasteiger partial charge in [0.1, 0.15) is 5.82 Å². The fraction of sp³-hybridized carbons (Fsp3) is 0.500. The highest BCUT2D eigenvalue weighted by Crippen LogP contribution is 2.23. The Kier molecular flexibility index (Phi) is 5.33. The van der Waals surface area contributed by atoms with Crippen molar-refractivity contribution in [3.05, 3.63) is 45.1 Å². The van der Waals surface area contributed by atoms with Crippen molar-refractivity contribution >= 4 is 0 Å². The van der Waals surface area contributed by atoms with E-state index in [2.05, 4.69) is 26.8 Å². The summed E-state index contributed by atoms with van der Waals surface area (Å²) in [7, 11) is 3.19. The molecule has 3 heterocycles. The number of H-pyrrole nitrogens is 1. The summed E-state index contributed by atoms with van der Waals surface area (Å²) in [5, 5.41) is 0. The first-order valence-corrected chi connectivity index (χ1v) is 8.55. The average molecular weight is 344 g/mol. The fourth-order valence-electron chi connectivity index (χ4n) is 3.14. The van der Waals surface area contributed by atoms with E-state index in [0.717, 1.165) is 42.0 Å². The quantitative estimate of drug-likeness (QED) is 0.859. The molecule has 0 spiro atoms. The average Bonchev–Trinajstić information content (AvgIpc) is 2.62. The zero-order chi connectivity index (χ0) is 17.8. The Hall–Kier alpha value is -2.41. The lowest BCUT2D eigenvalue weighted by Crippen LogP contribution is -2.35. The Morgan fingerprint density at radius 1 is 1.24 bits per heavy atom. The number of pyridine rings is 1. The zero-order valence-electron chi connectivity index (χ0n) is 15.0. The van der Waals surface area contributed by atoms with Crippen LogP contribution in [0, 0.1) is 0 Å². The third-order valence-corrected chi connectivity index (χ3v) is 4.40. The van der Waals surface area contributed by atoms with Gasteiger partial charge in [-0.1, -0.05) is 6.92 Å². The minimum Gasteiger partial charge on any atom is -0.481 e. The second kappa shape index (κ2) is 7.65. The van der Waals surface area contributed by atoms with Crippen LogP contribution in [0.4, 0.5) is 0 Å². The molecule has 0 atom stereocenters. The van der Waals surface area contributed by atoms with Gasteiger partial charge in [0.15, 0.2) is 0 Å². The standard InChI is InChI=1S/C18H24N4O3/c1-4-5-15-19-14-11-22(9-8-13(14)17(23)20-15)10-12-6-7-16(24-2)21-18(12)25-3/h6-7H,4-5,8-11H2,1-3H3,(H,19,20,23). The van der Waals surface area contributed by atoms with E-state index in [9.17, 15) is 4.79 Å². The largest absolute Gasteiger partial charge is 0.481 e. The maximum absolute atomic E-state index is 12.2. The summed E-state index contributed by atoms with van der Waals surface area (Å²) in [5.41, 5.74) is 2.71. The monoisotopic (exact) mass is 344 g/mol. The fourth-order valence-corrected chi connectivity index (χ4v) is 3.14. The van der Waals surface area contributed by atoms with Crippen LogP contribution in [0.15, 0.2) is 16.9 Å². The first kappa shape index (κ1) is 17.4. The van der Waals surface area contributed by atoms with Gasteiger partial charge in [0.2, 0.25) is 11.8 Å². The van der Waals surface area contributed by atoms with Gasteiger partial charge in [-0.2, -0.15) is 4.98 Å². The van der Waals surface area contributed by atoms with Crippen molar-refractivity contribution in [3.8, 4) is 11.8 Å². The summed E-state index contributed by atoms with van der Waals surface area (Å²) < 4.78 is 10.5. The van der Waals surface area contributed by atoms with Crippen molar-refractivity contribution in [1.82, 2.24) is 19.9 Å². The summed E-state index contributed by atoms with van der Waals surface area (Å²) >= 11 is 0. The molecule has 134 valence electrons. The third-order valence-electron chi connectivity index (χ3n) is 4.40. The van der Waals surface area contributed by atoms with Crippen LogP contribution >= 0.6 is 0 Å². The molecule has 1 aliphatic rings. The van der Waals surface area contributed by atoms with Gasteiger partial charge in [-0.05, 0) is 18.9 Å². The highest BCUT2D eigenvalue weighted by Gasteiger charge is 2.22. The maximum Gasteiger partial charge on any atom is 0.254 e. The third kappa shape index (κ3) is 3.82. The molecule has 7 heteroatoms. The predicted molar refractivity (Wildman–Crippen MR) is 94.0 cm³/mol. The smallest absolute Gasteiger partial charge is 0.254 e. The number of aromatic nitrogens is 3. The first-order valence-electron chi connectivity index (χ1n) is 8.55. The van der Waals surface area contributed by atoms with Gasteiger partial charge in [-0.25, -0.2) is 4.98 Å². The van der Waals surface area contributed by atoms with Crippen molar-refractivity contribution in [2.75, 3.05) is 20.8 Å². The van der Waals surface area contributed by atoms with Gasteiger partial charge in [0.25, 0.3) is 5.56 Å². The molecule has 0 fully saturated rings. The Balaban J connectivity index is 1.80. The molecule has 0 aliphatic carbocycles. The normalized spacial score (nSPS) is 14.2. The highest BCUT2D eigenvalue weighted by atomic mass is 16.5. The summed E-state index contributed by atoms with van der Waals surface area (Å²) in [6.07, 6.45) is 2.45. The second-order valence-corrected chi connectivity index (χ2v) is 6.17. The van der Waals surface area contributed by atoms with Crippen molar-refractivity contribution in [2.24, 2.45) is 0 Å². The Morgan fingerprint density at radius 3 is 2.80 bits per heavy atom. The van der Waals surface area contributed by atoms with Crippen LogP contribution in [0.1, 0.15) is 36.0 Å². The molecule has 1 aliphatic heterocycles. The number of nitrogens with one attached hydrogen (secondary N) is 1. The van der Waals surface area contributed by atoms with Crippen LogP contribution in [0.2, 0.25) is 0 Å². The predicted octanol–water partition coefficient (Wildman–Crippen LogP) is 1.69. The highest BCUT2D eigenvalue weighted by molar-refractivity contribution is 5.31. The summed E-state index contributed by atoms with van der Waals surface area (Å²) in [6.45, 7) is 4.23. The molecule has 0 amide bonds. The van der Waals surface area contributed by atoms with Crippen LogP contribution in [-0.2, 0) is 25.9 Å². The van der Waals surface area contributed by atoms with Crippen molar-refractivity contribution < 1.29 is 9.47 Å². The van der Waals surface area contributed by atoms with Crippen molar-refractivity contribution in [1.29, 1.82) is 0 Å². The number of fused-ring (bicyclic) bond motifs is 1. The minimum atomic E-state index is 0.0109. The molecule has 2 aromatic heterocycles. The molecule has 25 heavy (non-hydrogen) atoms. The molecular weight excluding hydrogens is 320 g/mol. The Morgan fingerprint density at radius 2 is 2.08 bits per heavy atom. The van der Waals surface area contributed by atoms with Gasteiger partial charge in [-0.3, -0.25) is 9.69 Å². The van der Waals surface area contributed by atoms with Crippen molar-refractivity contribution in [3.63, 3.8) is 0 Å². The second-order valence-electron chi connectivity index (χ2n) is 6.17. The first-order chi connectivity index (χ1) is 12.1. The van der Waals surface area contributed by atoms with Crippen LogP contribution in [0.3, 0.4) is 0 Å². The molecule has 1 N–H and O–H groups in total. The number of methoxy groups -OCH3 is 2. The molecule has 0 unspecified atom stereocenters. The molecule has 3 rings (SSSR count). The lowest BCUT2D eigenvalue weighted by molar-refractivity contribution is 0.235. The number of aryl methyl sites for hydroxylation is 1. The van der Waals surface area contributed by atoms with E-state index in [0.29, 0.717) is 31.3 Å². The minimum absolute atomic E-state index is 0.0109. The van der Waals surface area contributed by atoms with E-state index in [4.69, 9.17) is 9.47 Å². The van der Waals surface area contributed by atoms with E-state index in [1.54, 1.807) is 14.2 Å². The Bertz CT molecular complexity index is 803. The summed E-state index contributed by atoms with van der Waals surface area (Å²) in [5.74, 6) is 1.87. The lowest BCUT2D eigenvalue weighted by Gasteiger charge is -2.28. The maximum atomic E-state index is 12.2. The van der Waals surface area contributed by atoms with E-state index < -0.39 is 0 Å². The SMILES string of the molecule is CCCc1nc2c(c(=O)[nH]1)CCN(Cc1ccc(OC)nc1OC)C2. The summed E-state index contributed by atoms with van der Waals surface area (Å²) in [4.78, 5) is 26.4. The molecule has 0 radical (unpaired) electrons. The van der Waals surface area contributed by atoms with E-state index in [-0.39, 0.29) is 5.56 Å². The van der Waals surface area contributed by atoms with Gasteiger partial charge in [0.05, 0.1) is 19.9 Å². The number of aromatic amines is 1. The molecule has 7 nitrogen and oxygen atoms in total. The van der Waals surface area contributed by atoms with Gasteiger partial charge >= 0.3 is 0 Å². The van der Waals surface area contributed by atoms with Crippen LogP contribution < -0.4 is 15.0 Å². The molecule has 0 saturated heterocycles.